The molecule has 0 spiro atoms. The molecule has 3 aromatic rings. The Balaban J connectivity index is 1.57. The number of nitrogens with zero attached hydrogens (tertiary/aromatic N) is 1. The molecule has 1 saturated heterocycles. The molecule has 0 bridgehead atoms. The molecule has 1 N–H and O–H groups in total. The average molecular weight is 765 g/mol. The highest BCUT2D eigenvalue weighted by Gasteiger charge is 2.43. The van der Waals surface area contributed by atoms with Gasteiger partial charge in [-0.05, 0) is 75.6 Å². The van der Waals surface area contributed by atoms with Crippen molar-refractivity contribution in [2.45, 2.75) is 83.2 Å². The van der Waals surface area contributed by atoms with Crippen LogP contribution in [-0.4, -0.2) is 94.3 Å². The van der Waals surface area contributed by atoms with Crippen LogP contribution in [0.25, 0.3) is 0 Å². The van der Waals surface area contributed by atoms with Crippen molar-refractivity contribution in [2.75, 3.05) is 47.2 Å². The monoisotopic (exact) mass is 764 g/mol. The molecule has 1 heterocycles. The summed E-state index contributed by atoms with van der Waals surface area (Å²) in [4.78, 5) is 11.1. The second-order valence-electron chi connectivity index (χ2n) is 13.2. The van der Waals surface area contributed by atoms with Crippen molar-refractivity contribution < 1.29 is 50.7 Å². The molecule has 14 heteroatoms. The summed E-state index contributed by atoms with van der Waals surface area (Å²) in [7, 11) is 1.64. The van der Waals surface area contributed by atoms with E-state index in [4.69, 9.17) is 32.7 Å². The zero-order chi connectivity index (χ0) is 38.6. The number of amides is 1. The molecule has 1 fully saturated rings. The number of hydrogen-bond donors (Lipinski definition) is 1. The highest BCUT2D eigenvalue weighted by atomic mass is 31.2. The summed E-state index contributed by atoms with van der Waals surface area (Å²) < 4.78 is 82.7. The van der Waals surface area contributed by atoms with Gasteiger partial charge in [0.15, 0.2) is 0 Å². The van der Waals surface area contributed by atoms with Crippen molar-refractivity contribution in [3.63, 3.8) is 0 Å². The summed E-state index contributed by atoms with van der Waals surface area (Å²) in [5, 5.41) is 1.80. The predicted molar refractivity (Wildman–Crippen MR) is 197 cm³/mol. The van der Waals surface area contributed by atoms with Gasteiger partial charge in [-0.2, -0.15) is 13.2 Å². The van der Waals surface area contributed by atoms with E-state index in [1.54, 1.807) is 19.5 Å². The van der Waals surface area contributed by atoms with Crippen molar-refractivity contribution in [1.82, 2.24) is 9.99 Å². The molecule has 0 aliphatic carbocycles. The first-order valence-electron chi connectivity index (χ1n) is 17.7. The van der Waals surface area contributed by atoms with Gasteiger partial charge in [0.1, 0.15) is 23.2 Å². The lowest BCUT2D eigenvalue weighted by atomic mass is 9.80. The molecular weight excluding hydrogens is 712 g/mol. The molecule has 3 aromatic carbocycles. The maximum absolute atomic E-state index is 12.5. The highest BCUT2D eigenvalue weighted by molar-refractivity contribution is 7.44. The number of carbonyl (C=O) groups excluding carboxylic acids is 1. The van der Waals surface area contributed by atoms with Crippen LogP contribution >= 0.6 is 8.53 Å². The first-order chi connectivity index (χ1) is 25.3. The van der Waals surface area contributed by atoms with Crippen molar-refractivity contribution in [3.8, 4) is 11.5 Å². The Labute approximate surface area is 312 Å². The number of methoxy groups -OCH3 is 2. The third-order valence-corrected chi connectivity index (χ3v) is 10.9. The number of carbonyl (C=O) groups is 1. The molecule has 4 rings (SSSR count). The zero-order valence-corrected chi connectivity index (χ0v) is 32.3. The van der Waals surface area contributed by atoms with Crippen LogP contribution in [-0.2, 0) is 33.7 Å². The number of benzene rings is 3. The number of rotatable bonds is 20. The first-order valence-corrected chi connectivity index (χ1v) is 18.9. The van der Waals surface area contributed by atoms with Gasteiger partial charge in [-0.3, -0.25) is 4.79 Å². The quantitative estimate of drug-likeness (QED) is 0.0708. The largest absolute Gasteiger partial charge is 0.497 e. The fourth-order valence-electron chi connectivity index (χ4n) is 6.31. The Morgan fingerprint density at radius 3 is 1.91 bits per heavy atom. The second-order valence-corrected chi connectivity index (χ2v) is 14.6. The van der Waals surface area contributed by atoms with E-state index in [9.17, 15) is 18.0 Å². The number of halogens is 3. The highest BCUT2D eigenvalue weighted by Crippen LogP contribution is 2.49. The molecule has 4 unspecified atom stereocenters. The number of nitrogens with one attached hydrogen (secondary N) is 1. The Hall–Kier alpha value is -3.29. The van der Waals surface area contributed by atoms with E-state index in [2.05, 4.69) is 32.4 Å². The predicted octanol–water partition coefficient (Wildman–Crippen LogP) is 7.63. The van der Waals surface area contributed by atoms with Gasteiger partial charge in [-0.1, -0.05) is 54.6 Å². The molecule has 0 saturated carbocycles. The standard InChI is InChI=1S/C39H52F3N2O8P/c1-27(2)44(28(3)4)53(50-24-23-48-22-21-43-37(45)39(40,41)42)52-35-25-29(5)51-36(35)26-49-38(30-11-9-8-10-12-30,31-13-17-33(46-6)18-14-31)32-15-19-34(47-7)20-16-32/h8-20,27-29,35-36H,21-26H2,1-7H3,(H,43,45). The molecule has 0 aromatic heterocycles. The summed E-state index contributed by atoms with van der Waals surface area (Å²) >= 11 is 0. The third kappa shape index (κ3) is 11.4. The van der Waals surface area contributed by atoms with E-state index in [1.807, 2.05) is 85.8 Å². The lowest BCUT2D eigenvalue weighted by Gasteiger charge is -2.39. The summed E-state index contributed by atoms with van der Waals surface area (Å²) in [6.45, 7) is 10.3. The van der Waals surface area contributed by atoms with E-state index < -0.39 is 32.3 Å². The van der Waals surface area contributed by atoms with Crippen LogP contribution in [0.15, 0.2) is 78.9 Å². The molecule has 1 aliphatic heterocycles. The molecule has 0 radical (unpaired) electrons. The summed E-state index contributed by atoms with van der Waals surface area (Å²) in [5.74, 6) is -0.559. The van der Waals surface area contributed by atoms with Crippen LogP contribution in [0.1, 0.15) is 57.7 Å². The molecule has 1 aliphatic rings. The van der Waals surface area contributed by atoms with E-state index in [0.717, 1.165) is 28.2 Å². The lowest BCUT2D eigenvalue weighted by molar-refractivity contribution is -0.173. The van der Waals surface area contributed by atoms with Crippen LogP contribution in [0.4, 0.5) is 13.2 Å². The van der Waals surface area contributed by atoms with Crippen LogP contribution in [0.2, 0.25) is 0 Å². The fraction of sp³-hybridized carbons (Fsp3) is 0.513. The second kappa shape index (κ2) is 19.9. The minimum absolute atomic E-state index is 0.0740. The average Bonchev–Trinajstić information content (AvgIpc) is 3.49. The summed E-state index contributed by atoms with van der Waals surface area (Å²) in [6, 6.07) is 25.9. The van der Waals surface area contributed by atoms with Gasteiger partial charge >= 0.3 is 12.1 Å². The van der Waals surface area contributed by atoms with E-state index >= 15 is 0 Å². The van der Waals surface area contributed by atoms with E-state index in [-0.39, 0.29) is 57.3 Å². The van der Waals surface area contributed by atoms with Crippen molar-refractivity contribution in [1.29, 1.82) is 0 Å². The molecular formula is C39H52F3N2O8P. The van der Waals surface area contributed by atoms with Gasteiger partial charge in [0.05, 0.1) is 52.9 Å². The fourth-order valence-corrected chi connectivity index (χ4v) is 8.06. The Bertz CT molecular complexity index is 1470. The minimum Gasteiger partial charge on any atom is -0.497 e. The van der Waals surface area contributed by atoms with Gasteiger partial charge in [0.25, 0.3) is 8.53 Å². The van der Waals surface area contributed by atoms with Crippen molar-refractivity contribution in [2.24, 2.45) is 0 Å². The van der Waals surface area contributed by atoms with Gasteiger partial charge in [0, 0.05) is 25.0 Å². The van der Waals surface area contributed by atoms with Gasteiger partial charge in [0.2, 0.25) is 0 Å². The Kier molecular flexibility index (Phi) is 15.9. The minimum atomic E-state index is -4.94. The van der Waals surface area contributed by atoms with Crippen LogP contribution in [0.3, 0.4) is 0 Å². The molecule has 4 atom stereocenters. The summed E-state index contributed by atoms with van der Waals surface area (Å²) in [6.07, 6.45) is -5.27. The lowest BCUT2D eigenvalue weighted by Crippen LogP contribution is -2.40. The van der Waals surface area contributed by atoms with Crippen LogP contribution in [0, 0.1) is 0 Å². The Morgan fingerprint density at radius 2 is 1.40 bits per heavy atom. The third-order valence-electron chi connectivity index (χ3n) is 8.71. The number of ether oxygens (including phenoxy) is 5. The molecule has 1 amide bonds. The Morgan fingerprint density at radius 1 is 0.849 bits per heavy atom. The van der Waals surface area contributed by atoms with Crippen molar-refractivity contribution in [3.05, 3.63) is 95.6 Å². The molecule has 10 nitrogen and oxygen atoms in total. The number of hydrogen-bond acceptors (Lipinski definition) is 9. The summed E-state index contributed by atoms with van der Waals surface area (Å²) in [5.41, 5.74) is 1.67. The number of alkyl halides is 3. The van der Waals surface area contributed by atoms with Crippen LogP contribution < -0.4 is 14.8 Å². The van der Waals surface area contributed by atoms with E-state index in [0.29, 0.717) is 6.42 Å². The molecule has 53 heavy (non-hydrogen) atoms. The topological polar surface area (TPSA) is 97.0 Å². The normalized spacial score (nSPS) is 18.5. The SMILES string of the molecule is COc1ccc(C(OCC2OC(C)CC2OP(OCCOCCNC(=O)C(F)(F)F)N(C(C)C)C(C)C)(c2ccccc2)c2ccc(OC)cc2)cc1. The van der Waals surface area contributed by atoms with Gasteiger partial charge in [-0.15, -0.1) is 0 Å². The van der Waals surface area contributed by atoms with Crippen molar-refractivity contribution >= 4 is 14.4 Å². The van der Waals surface area contributed by atoms with E-state index in [1.165, 1.54) is 0 Å². The smallest absolute Gasteiger partial charge is 0.471 e. The first kappa shape index (κ1) is 42.5. The maximum Gasteiger partial charge on any atom is 0.471 e. The maximum atomic E-state index is 12.5. The zero-order valence-electron chi connectivity index (χ0n) is 31.4. The van der Waals surface area contributed by atoms with Gasteiger partial charge < -0.3 is 38.0 Å². The van der Waals surface area contributed by atoms with Gasteiger partial charge in [-0.25, -0.2) is 4.67 Å². The molecule has 292 valence electrons. The van der Waals surface area contributed by atoms with Crippen LogP contribution in [0.5, 0.6) is 11.5 Å².